The van der Waals surface area contributed by atoms with Crippen LogP contribution in [0.15, 0.2) is 24.3 Å². The number of ether oxygens (including phenoxy) is 1. The summed E-state index contributed by atoms with van der Waals surface area (Å²) in [6.45, 7) is 3.10. The molecule has 88 valence electrons. The fraction of sp³-hybridized carbons (Fsp3) is 0.571. The highest BCUT2D eigenvalue weighted by atomic mass is 16.5. The molecule has 2 rings (SSSR count). The van der Waals surface area contributed by atoms with Gasteiger partial charge in [0.2, 0.25) is 0 Å². The number of aliphatic hydroxyl groups is 1. The quantitative estimate of drug-likeness (QED) is 0.798. The van der Waals surface area contributed by atoms with Crippen molar-refractivity contribution < 1.29 is 9.84 Å². The Morgan fingerprint density at radius 2 is 2.12 bits per heavy atom. The van der Waals surface area contributed by atoms with E-state index in [1.54, 1.807) is 0 Å². The van der Waals surface area contributed by atoms with Crippen LogP contribution in [-0.4, -0.2) is 24.4 Å². The zero-order valence-electron chi connectivity index (χ0n) is 9.86. The first-order valence-corrected chi connectivity index (χ1v) is 6.09. The van der Waals surface area contributed by atoms with Crippen LogP contribution in [0.4, 0.5) is 0 Å². The average molecular weight is 220 g/mol. The van der Waals surface area contributed by atoms with Crippen LogP contribution in [0.3, 0.4) is 0 Å². The molecule has 1 atom stereocenters. The summed E-state index contributed by atoms with van der Waals surface area (Å²) in [5, 5.41) is 9.11. The molecule has 0 bridgehead atoms. The first kappa shape index (κ1) is 11.6. The summed E-state index contributed by atoms with van der Waals surface area (Å²) in [4.78, 5) is 0. The summed E-state index contributed by atoms with van der Waals surface area (Å²) in [5.41, 5.74) is 2.61. The lowest BCUT2D eigenvalue weighted by Gasteiger charge is -2.18. The molecule has 2 nitrogen and oxygen atoms in total. The molecule has 1 aliphatic carbocycles. The predicted octanol–water partition coefficient (Wildman–Crippen LogP) is 2.64. The van der Waals surface area contributed by atoms with E-state index in [2.05, 4.69) is 31.2 Å². The van der Waals surface area contributed by atoms with E-state index in [0.717, 1.165) is 13.0 Å². The van der Waals surface area contributed by atoms with Gasteiger partial charge in [-0.2, -0.15) is 0 Å². The van der Waals surface area contributed by atoms with Gasteiger partial charge in [-0.15, -0.1) is 0 Å². The van der Waals surface area contributed by atoms with Crippen LogP contribution in [0.1, 0.15) is 36.3 Å². The van der Waals surface area contributed by atoms with Crippen molar-refractivity contribution in [3.63, 3.8) is 0 Å². The topological polar surface area (TPSA) is 29.5 Å². The molecule has 16 heavy (non-hydrogen) atoms. The minimum atomic E-state index is 0.229. The van der Waals surface area contributed by atoms with Crippen molar-refractivity contribution in [1.82, 2.24) is 0 Å². The van der Waals surface area contributed by atoms with Gasteiger partial charge in [0.25, 0.3) is 0 Å². The van der Waals surface area contributed by atoms with Gasteiger partial charge in [-0.3, -0.25) is 0 Å². The minimum Gasteiger partial charge on any atom is -0.396 e. The fourth-order valence-corrected chi connectivity index (χ4v) is 2.02. The monoisotopic (exact) mass is 220 g/mol. The van der Waals surface area contributed by atoms with E-state index in [1.807, 2.05) is 0 Å². The Bertz CT molecular complexity index is 331. The van der Waals surface area contributed by atoms with Crippen molar-refractivity contribution in [2.45, 2.75) is 38.2 Å². The van der Waals surface area contributed by atoms with Gasteiger partial charge in [-0.05, 0) is 37.3 Å². The van der Waals surface area contributed by atoms with Crippen LogP contribution in [0.5, 0.6) is 0 Å². The molecule has 1 saturated carbocycles. The third kappa shape index (κ3) is 3.06. The second kappa shape index (κ2) is 5.46. The Labute approximate surface area is 97.3 Å². The van der Waals surface area contributed by atoms with E-state index in [0.29, 0.717) is 12.0 Å². The lowest BCUT2D eigenvalue weighted by atomic mass is 9.93. The van der Waals surface area contributed by atoms with E-state index in [1.165, 1.54) is 24.0 Å². The van der Waals surface area contributed by atoms with Gasteiger partial charge < -0.3 is 9.84 Å². The Kier molecular flexibility index (Phi) is 3.97. The third-order valence-corrected chi connectivity index (χ3v) is 3.16. The molecule has 0 amide bonds. The predicted molar refractivity (Wildman–Crippen MR) is 64.6 cm³/mol. The number of aliphatic hydroxyl groups excluding tert-OH is 1. The Balaban J connectivity index is 2.01. The van der Waals surface area contributed by atoms with Crippen LogP contribution >= 0.6 is 0 Å². The number of hydrogen-bond donors (Lipinski definition) is 1. The highest BCUT2D eigenvalue weighted by Gasteiger charge is 2.24. The lowest BCUT2D eigenvalue weighted by Crippen LogP contribution is -2.12. The van der Waals surface area contributed by atoms with Crippen molar-refractivity contribution in [1.29, 1.82) is 0 Å². The van der Waals surface area contributed by atoms with Gasteiger partial charge in [0.05, 0.1) is 12.7 Å². The summed E-state index contributed by atoms with van der Waals surface area (Å²) in [5.74, 6) is 0.340. The van der Waals surface area contributed by atoms with Crippen molar-refractivity contribution in [3.8, 4) is 0 Å². The molecule has 1 aliphatic rings. The molecule has 0 heterocycles. The highest BCUT2D eigenvalue weighted by molar-refractivity contribution is 5.29. The number of hydrogen-bond acceptors (Lipinski definition) is 2. The minimum absolute atomic E-state index is 0.229. The van der Waals surface area contributed by atoms with E-state index >= 15 is 0 Å². The maximum Gasteiger partial charge on any atom is 0.0577 e. The first-order valence-electron chi connectivity index (χ1n) is 6.09. The molecule has 2 heteroatoms. The average Bonchev–Trinajstić information content (AvgIpc) is 3.09. The van der Waals surface area contributed by atoms with Crippen molar-refractivity contribution in [2.75, 3.05) is 13.2 Å². The molecule has 1 aromatic rings. The number of aryl methyl sites for hydroxylation is 1. The van der Waals surface area contributed by atoms with Gasteiger partial charge >= 0.3 is 0 Å². The molecule has 0 radical (unpaired) electrons. The van der Waals surface area contributed by atoms with Crippen LogP contribution in [0, 0.1) is 6.92 Å². The summed E-state index contributed by atoms with van der Waals surface area (Å²) < 4.78 is 5.77. The highest BCUT2D eigenvalue weighted by Crippen LogP contribution is 2.28. The standard InChI is InChI=1S/C14H20O2/c1-11-4-2-3-5-14(11)12(8-9-15)10-16-13-6-7-13/h2-5,12-13,15H,6-10H2,1H3. The van der Waals surface area contributed by atoms with Crippen molar-refractivity contribution in [3.05, 3.63) is 35.4 Å². The zero-order chi connectivity index (χ0) is 11.4. The second-order valence-corrected chi connectivity index (χ2v) is 4.60. The summed E-state index contributed by atoms with van der Waals surface area (Å²) in [6.07, 6.45) is 3.70. The van der Waals surface area contributed by atoms with Crippen LogP contribution in [-0.2, 0) is 4.74 Å². The number of rotatable bonds is 6. The summed E-state index contributed by atoms with van der Waals surface area (Å²) >= 11 is 0. The molecule has 0 spiro atoms. The molecule has 1 aromatic carbocycles. The molecular weight excluding hydrogens is 200 g/mol. The van der Waals surface area contributed by atoms with E-state index in [4.69, 9.17) is 9.84 Å². The summed E-state index contributed by atoms with van der Waals surface area (Å²) in [7, 11) is 0. The first-order chi connectivity index (χ1) is 7.81. The smallest absolute Gasteiger partial charge is 0.0577 e. The van der Waals surface area contributed by atoms with Crippen LogP contribution < -0.4 is 0 Å². The Morgan fingerprint density at radius 1 is 1.38 bits per heavy atom. The van der Waals surface area contributed by atoms with Gasteiger partial charge in [0.1, 0.15) is 0 Å². The Hall–Kier alpha value is -0.860. The molecule has 1 N–H and O–H groups in total. The fourth-order valence-electron chi connectivity index (χ4n) is 2.02. The summed E-state index contributed by atoms with van der Waals surface area (Å²) in [6, 6.07) is 8.38. The van der Waals surface area contributed by atoms with Crippen LogP contribution in [0.25, 0.3) is 0 Å². The van der Waals surface area contributed by atoms with Gasteiger partial charge in [-0.25, -0.2) is 0 Å². The normalized spacial score (nSPS) is 17.4. The molecule has 0 saturated heterocycles. The molecule has 1 fully saturated rings. The van der Waals surface area contributed by atoms with E-state index in [9.17, 15) is 0 Å². The lowest BCUT2D eigenvalue weighted by molar-refractivity contribution is 0.0977. The number of benzene rings is 1. The zero-order valence-corrected chi connectivity index (χ0v) is 9.86. The van der Waals surface area contributed by atoms with Crippen LogP contribution in [0.2, 0.25) is 0 Å². The van der Waals surface area contributed by atoms with Gasteiger partial charge in [0, 0.05) is 12.5 Å². The Morgan fingerprint density at radius 3 is 2.75 bits per heavy atom. The van der Waals surface area contributed by atoms with Crippen molar-refractivity contribution >= 4 is 0 Å². The van der Waals surface area contributed by atoms with E-state index < -0.39 is 0 Å². The van der Waals surface area contributed by atoms with E-state index in [-0.39, 0.29) is 6.61 Å². The van der Waals surface area contributed by atoms with Gasteiger partial charge in [0.15, 0.2) is 0 Å². The van der Waals surface area contributed by atoms with Gasteiger partial charge in [-0.1, -0.05) is 24.3 Å². The van der Waals surface area contributed by atoms with Crippen molar-refractivity contribution in [2.24, 2.45) is 0 Å². The second-order valence-electron chi connectivity index (χ2n) is 4.60. The molecule has 1 unspecified atom stereocenters. The SMILES string of the molecule is Cc1ccccc1C(CCO)COC1CC1. The molecule has 0 aliphatic heterocycles. The largest absolute Gasteiger partial charge is 0.396 e. The molecular formula is C14H20O2. The maximum atomic E-state index is 9.11. The third-order valence-electron chi connectivity index (χ3n) is 3.16. The molecule has 0 aromatic heterocycles. The maximum absolute atomic E-state index is 9.11.